The SMILES string of the molecule is CCSCCN1CC[C@H](O)[C@](Cc2cccc(F)c2)(C(=O)O)C1. The molecule has 128 valence electrons. The minimum absolute atomic E-state index is 0.138. The lowest BCUT2D eigenvalue weighted by molar-refractivity contribution is -0.163. The number of benzene rings is 1. The van der Waals surface area contributed by atoms with Crippen molar-refractivity contribution < 1.29 is 19.4 Å². The summed E-state index contributed by atoms with van der Waals surface area (Å²) >= 11 is 1.82. The van der Waals surface area contributed by atoms with Gasteiger partial charge in [-0.05, 0) is 36.3 Å². The van der Waals surface area contributed by atoms with E-state index in [0.29, 0.717) is 25.1 Å². The second-order valence-corrected chi connectivity index (χ2v) is 7.44. The molecule has 1 aromatic rings. The Kier molecular flexibility index (Phi) is 6.44. The first-order valence-corrected chi connectivity index (χ1v) is 9.09. The highest BCUT2D eigenvalue weighted by Gasteiger charge is 2.49. The largest absolute Gasteiger partial charge is 0.481 e. The van der Waals surface area contributed by atoms with Crippen LogP contribution in [0.5, 0.6) is 0 Å². The van der Waals surface area contributed by atoms with Crippen LogP contribution in [0.2, 0.25) is 0 Å². The first kappa shape index (κ1) is 18.2. The number of thioether (sulfide) groups is 1. The van der Waals surface area contributed by atoms with Crippen molar-refractivity contribution in [1.82, 2.24) is 4.90 Å². The maximum Gasteiger partial charge on any atom is 0.313 e. The monoisotopic (exact) mass is 341 g/mol. The number of hydrogen-bond donors (Lipinski definition) is 2. The molecule has 0 bridgehead atoms. The summed E-state index contributed by atoms with van der Waals surface area (Å²) in [7, 11) is 0. The van der Waals surface area contributed by atoms with Crippen LogP contribution >= 0.6 is 11.8 Å². The van der Waals surface area contributed by atoms with Crippen LogP contribution < -0.4 is 0 Å². The van der Waals surface area contributed by atoms with Gasteiger partial charge in [0.05, 0.1) is 6.10 Å². The van der Waals surface area contributed by atoms with Crippen molar-refractivity contribution in [1.29, 1.82) is 0 Å². The standard InChI is InChI=1S/C17H24FNO3S/c1-2-23-9-8-19-7-6-15(20)17(12-19,16(21)22)11-13-4-3-5-14(18)10-13/h3-5,10,15,20H,2,6-9,11-12H2,1H3,(H,21,22)/t15-,17+/m0/s1. The molecule has 2 rings (SSSR count). The summed E-state index contributed by atoms with van der Waals surface area (Å²) in [4.78, 5) is 14.1. The third-order valence-corrected chi connectivity index (χ3v) is 5.33. The number of aliphatic hydroxyl groups excluding tert-OH is 1. The maximum absolute atomic E-state index is 13.4. The summed E-state index contributed by atoms with van der Waals surface area (Å²) in [5.74, 6) is 0.582. The molecule has 1 saturated heterocycles. The number of aliphatic hydroxyl groups is 1. The van der Waals surface area contributed by atoms with Crippen LogP contribution in [0.1, 0.15) is 18.9 Å². The second-order valence-electron chi connectivity index (χ2n) is 6.05. The molecule has 1 aromatic carbocycles. The van der Waals surface area contributed by atoms with Crippen LogP contribution in [0.15, 0.2) is 24.3 Å². The normalized spacial score (nSPS) is 25.4. The van der Waals surface area contributed by atoms with Crippen molar-refractivity contribution >= 4 is 17.7 Å². The molecule has 0 spiro atoms. The Balaban J connectivity index is 2.17. The molecule has 0 amide bonds. The van der Waals surface area contributed by atoms with E-state index in [9.17, 15) is 19.4 Å². The predicted molar refractivity (Wildman–Crippen MR) is 90.2 cm³/mol. The van der Waals surface area contributed by atoms with Crippen molar-refractivity contribution in [2.24, 2.45) is 5.41 Å². The van der Waals surface area contributed by atoms with Crippen molar-refractivity contribution in [3.63, 3.8) is 0 Å². The quantitative estimate of drug-likeness (QED) is 0.745. The molecule has 2 N–H and O–H groups in total. The van der Waals surface area contributed by atoms with Gasteiger partial charge in [0.1, 0.15) is 11.2 Å². The van der Waals surface area contributed by atoms with Gasteiger partial charge in [-0.2, -0.15) is 11.8 Å². The molecule has 23 heavy (non-hydrogen) atoms. The summed E-state index contributed by atoms with van der Waals surface area (Å²) in [6, 6.07) is 5.98. The molecule has 0 aromatic heterocycles. The number of hydrogen-bond acceptors (Lipinski definition) is 4. The number of piperidine rings is 1. The van der Waals surface area contributed by atoms with Crippen molar-refractivity contribution in [3.8, 4) is 0 Å². The highest BCUT2D eigenvalue weighted by atomic mass is 32.2. The molecule has 0 aliphatic carbocycles. The van der Waals surface area contributed by atoms with E-state index in [-0.39, 0.29) is 12.2 Å². The van der Waals surface area contributed by atoms with E-state index in [1.165, 1.54) is 12.1 Å². The molecule has 1 heterocycles. The van der Waals surface area contributed by atoms with Gasteiger partial charge in [0.2, 0.25) is 0 Å². The smallest absolute Gasteiger partial charge is 0.313 e. The fourth-order valence-electron chi connectivity index (χ4n) is 3.16. The van der Waals surface area contributed by atoms with Gasteiger partial charge in [-0.15, -0.1) is 0 Å². The number of rotatable bonds is 7. The van der Waals surface area contributed by atoms with Crippen molar-refractivity contribution in [3.05, 3.63) is 35.6 Å². The van der Waals surface area contributed by atoms with Gasteiger partial charge in [0.25, 0.3) is 0 Å². The zero-order valence-corrected chi connectivity index (χ0v) is 14.2. The number of carbonyl (C=O) groups is 1. The number of nitrogens with zero attached hydrogens (tertiary/aromatic N) is 1. The average Bonchev–Trinajstić information content (AvgIpc) is 2.50. The number of carboxylic acid groups (broad SMARTS) is 1. The minimum Gasteiger partial charge on any atom is -0.481 e. The average molecular weight is 341 g/mol. The van der Waals surface area contributed by atoms with Gasteiger partial charge in [-0.25, -0.2) is 4.39 Å². The Morgan fingerprint density at radius 1 is 1.52 bits per heavy atom. The molecule has 0 unspecified atom stereocenters. The molecule has 1 fully saturated rings. The summed E-state index contributed by atoms with van der Waals surface area (Å²) in [6.07, 6.45) is -0.352. The van der Waals surface area contributed by atoms with Crippen LogP contribution in [-0.4, -0.2) is 58.3 Å². The fraction of sp³-hybridized carbons (Fsp3) is 0.588. The third kappa shape index (κ3) is 4.46. The van der Waals surface area contributed by atoms with Gasteiger partial charge in [0.15, 0.2) is 0 Å². The lowest BCUT2D eigenvalue weighted by Gasteiger charge is -2.43. The summed E-state index contributed by atoms with van der Waals surface area (Å²) in [5, 5.41) is 20.2. The zero-order chi connectivity index (χ0) is 16.9. The van der Waals surface area contributed by atoms with Gasteiger partial charge < -0.3 is 15.1 Å². The van der Waals surface area contributed by atoms with Crippen molar-refractivity contribution in [2.75, 3.05) is 31.1 Å². The van der Waals surface area contributed by atoms with Crippen LogP contribution in [0, 0.1) is 11.2 Å². The molecular formula is C17H24FNO3S. The Hall–Kier alpha value is -1.11. The zero-order valence-electron chi connectivity index (χ0n) is 13.4. The van der Waals surface area contributed by atoms with Crippen LogP contribution in [-0.2, 0) is 11.2 Å². The number of halogens is 1. The molecule has 0 saturated carbocycles. The summed E-state index contributed by atoms with van der Waals surface area (Å²) in [6.45, 7) is 3.90. The van der Waals surface area contributed by atoms with Gasteiger partial charge in [0, 0.05) is 25.4 Å². The maximum atomic E-state index is 13.4. The van der Waals surface area contributed by atoms with E-state index in [0.717, 1.165) is 18.1 Å². The van der Waals surface area contributed by atoms with E-state index in [1.807, 2.05) is 11.8 Å². The van der Waals surface area contributed by atoms with E-state index < -0.39 is 17.5 Å². The number of aliphatic carboxylic acids is 1. The Morgan fingerprint density at radius 3 is 2.96 bits per heavy atom. The van der Waals surface area contributed by atoms with E-state index in [4.69, 9.17) is 0 Å². The topological polar surface area (TPSA) is 60.8 Å². The van der Waals surface area contributed by atoms with Gasteiger partial charge in [-0.1, -0.05) is 19.1 Å². The third-order valence-electron chi connectivity index (χ3n) is 4.45. The van der Waals surface area contributed by atoms with Crippen molar-refractivity contribution in [2.45, 2.75) is 25.9 Å². The highest BCUT2D eigenvalue weighted by molar-refractivity contribution is 7.99. The molecule has 0 radical (unpaired) electrons. The Labute approximate surface area is 140 Å². The number of likely N-dealkylation sites (tertiary alicyclic amines) is 1. The van der Waals surface area contributed by atoms with Crippen LogP contribution in [0.3, 0.4) is 0 Å². The van der Waals surface area contributed by atoms with Gasteiger partial charge in [-0.3, -0.25) is 4.79 Å². The van der Waals surface area contributed by atoms with Crippen LogP contribution in [0.4, 0.5) is 4.39 Å². The van der Waals surface area contributed by atoms with E-state index in [2.05, 4.69) is 11.8 Å². The Bertz CT molecular complexity index is 542. The molecule has 1 aliphatic rings. The predicted octanol–water partition coefficient (Wildman–Crippen LogP) is 2.26. The van der Waals surface area contributed by atoms with Gasteiger partial charge >= 0.3 is 5.97 Å². The molecule has 2 atom stereocenters. The first-order valence-electron chi connectivity index (χ1n) is 7.94. The van der Waals surface area contributed by atoms with E-state index in [1.54, 1.807) is 12.1 Å². The van der Waals surface area contributed by atoms with E-state index >= 15 is 0 Å². The van der Waals surface area contributed by atoms with Crippen LogP contribution in [0.25, 0.3) is 0 Å². The lowest BCUT2D eigenvalue weighted by atomic mass is 9.73. The number of carboxylic acids is 1. The molecule has 1 aliphatic heterocycles. The summed E-state index contributed by atoms with van der Waals surface area (Å²) < 4.78 is 13.4. The fourth-order valence-corrected chi connectivity index (χ4v) is 3.84. The Morgan fingerprint density at radius 2 is 2.30 bits per heavy atom. The molecular weight excluding hydrogens is 317 g/mol. The highest BCUT2D eigenvalue weighted by Crippen LogP contribution is 2.35. The summed E-state index contributed by atoms with van der Waals surface area (Å²) in [5.41, 5.74) is -0.667. The minimum atomic E-state index is -1.27. The first-order chi connectivity index (χ1) is 11.0. The lowest BCUT2D eigenvalue weighted by Crippen LogP contribution is -2.57. The molecule has 6 heteroatoms. The second kappa shape index (κ2) is 8.13. The molecule has 4 nitrogen and oxygen atoms in total.